The summed E-state index contributed by atoms with van der Waals surface area (Å²) in [5.41, 5.74) is 1.68. The van der Waals surface area contributed by atoms with E-state index in [9.17, 15) is 4.79 Å². The Balaban J connectivity index is 2.31. The zero-order valence-electron chi connectivity index (χ0n) is 10.2. The lowest BCUT2D eigenvalue weighted by atomic mass is 10.1. The van der Waals surface area contributed by atoms with E-state index in [4.69, 9.17) is 9.84 Å². The molecule has 0 saturated carbocycles. The Hall–Kier alpha value is -2.30. The third-order valence-corrected chi connectivity index (χ3v) is 2.76. The average Bonchev–Trinajstić information content (AvgIpc) is 2.87. The standard InChI is InChI=1S/C13H14N2O3/c1-8(13(16)17)12-14-7-11(15-12)9-4-3-5-10(6-9)18-2/h3-8H,1-2H3,(H,14,15)(H,16,17). The van der Waals surface area contributed by atoms with E-state index in [0.717, 1.165) is 17.0 Å². The topological polar surface area (TPSA) is 75.2 Å². The minimum atomic E-state index is -0.901. The molecule has 0 aliphatic carbocycles. The molecule has 94 valence electrons. The first-order valence-electron chi connectivity index (χ1n) is 5.54. The Bertz CT molecular complexity index is 563. The van der Waals surface area contributed by atoms with Gasteiger partial charge in [-0.05, 0) is 19.1 Å². The lowest BCUT2D eigenvalue weighted by molar-refractivity contribution is -0.138. The second-order valence-electron chi connectivity index (χ2n) is 3.97. The van der Waals surface area contributed by atoms with Crippen molar-refractivity contribution >= 4 is 5.97 Å². The largest absolute Gasteiger partial charge is 0.497 e. The van der Waals surface area contributed by atoms with Crippen molar-refractivity contribution in [2.24, 2.45) is 0 Å². The predicted octanol–water partition coefficient (Wildman–Crippen LogP) is 2.27. The second-order valence-corrected chi connectivity index (χ2v) is 3.97. The van der Waals surface area contributed by atoms with Crippen molar-refractivity contribution in [2.75, 3.05) is 7.11 Å². The maximum absolute atomic E-state index is 10.9. The molecule has 0 amide bonds. The molecule has 1 aromatic heterocycles. The van der Waals surface area contributed by atoms with Gasteiger partial charge in [0.05, 0.1) is 19.0 Å². The van der Waals surface area contributed by atoms with Crippen LogP contribution in [0.25, 0.3) is 11.3 Å². The quantitative estimate of drug-likeness (QED) is 0.867. The number of carboxylic acids is 1. The van der Waals surface area contributed by atoms with Crippen molar-refractivity contribution in [3.05, 3.63) is 36.3 Å². The number of H-pyrrole nitrogens is 1. The molecular formula is C13H14N2O3. The normalized spacial score (nSPS) is 12.1. The Morgan fingerprint density at radius 1 is 1.50 bits per heavy atom. The van der Waals surface area contributed by atoms with Crippen molar-refractivity contribution in [2.45, 2.75) is 12.8 Å². The second kappa shape index (κ2) is 4.91. The molecule has 0 bridgehead atoms. The van der Waals surface area contributed by atoms with Crippen LogP contribution in [-0.2, 0) is 4.79 Å². The Kier molecular flexibility index (Phi) is 3.32. The molecule has 18 heavy (non-hydrogen) atoms. The number of methoxy groups -OCH3 is 1. The minimum Gasteiger partial charge on any atom is -0.497 e. The molecule has 5 nitrogen and oxygen atoms in total. The van der Waals surface area contributed by atoms with E-state index in [1.54, 1.807) is 20.2 Å². The molecule has 2 rings (SSSR count). The highest BCUT2D eigenvalue weighted by atomic mass is 16.5. The molecule has 0 aliphatic rings. The fourth-order valence-corrected chi connectivity index (χ4v) is 1.61. The number of benzene rings is 1. The number of carbonyl (C=O) groups is 1. The number of aromatic nitrogens is 2. The van der Waals surface area contributed by atoms with Crippen LogP contribution in [0.2, 0.25) is 0 Å². The molecule has 0 fully saturated rings. The Morgan fingerprint density at radius 2 is 2.28 bits per heavy atom. The Morgan fingerprint density at radius 3 is 2.94 bits per heavy atom. The van der Waals surface area contributed by atoms with E-state index in [-0.39, 0.29) is 0 Å². The van der Waals surface area contributed by atoms with Crippen molar-refractivity contribution in [3.63, 3.8) is 0 Å². The van der Waals surface area contributed by atoms with Crippen LogP contribution in [0.5, 0.6) is 5.75 Å². The Labute approximate surface area is 104 Å². The molecule has 2 N–H and O–H groups in total. The molecule has 1 unspecified atom stereocenters. The van der Waals surface area contributed by atoms with Crippen molar-refractivity contribution < 1.29 is 14.6 Å². The highest BCUT2D eigenvalue weighted by Gasteiger charge is 2.17. The summed E-state index contributed by atoms with van der Waals surface area (Å²) < 4.78 is 5.14. The van der Waals surface area contributed by atoms with Crippen molar-refractivity contribution in [1.82, 2.24) is 9.97 Å². The fraction of sp³-hybridized carbons (Fsp3) is 0.231. The molecule has 1 aromatic carbocycles. The number of rotatable bonds is 4. The molecule has 0 spiro atoms. The van der Waals surface area contributed by atoms with Gasteiger partial charge in [0.15, 0.2) is 0 Å². The molecule has 1 atom stereocenters. The maximum atomic E-state index is 10.9. The number of hydrogen-bond donors (Lipinski definition) is 2. The SMILES string of the molecule is COc1cccc(-c2cnc(C(C)C(=O)O)[nH]2)c1. The van der Waals surface area contributed by atoms with E-state index < -0.39 is 11.9 Å². The molecule has 1 heterocycles. The van der Waals surface area contributed by atoms with Crippen LogP contribution < -0.4 is 4.74 Å². The lowest BCUT2D eigenvalue weighted by Crippen LogP contribution is -2.08. The number of aliphatic carboxylic acids is 1. The van der Waals surface area contributed by atoms with Gasteiger partial charge in [0.25, 0.3) is 0 Å². The van der Waals surface area contributed by atoms with Gasteiger partial charge in [-0.2, -0.15) is 0 Å². The fourth-order valence-electron chi connectivity index (χ4n) is 1.61. The first-order valence-corrected chi connectivity index (χ1v) is 5.54. The average molecular weight is 246 g/mol. The van der Waals surface area contributed by atoms with E-state index >= 15 is 0 Å². The van der Waals surface area contributed by atoms with Crippen LogP contribution in [0.1, 0.15) is 18.7 Å². The summed E-state index contributed by atoms with van der Waals surface area (Å²) in [6, 6.07) is 7.49. The van der Waals surface area contributed by atoms with E-state index in [1.807, 2.05) is 24.3 Å². The third kappa shape index (κ3) is 2.34. The monoisotopic (exact) mass is 246 g/mol. The van der Waals surface area contributed by atoms with Gasteiger partial charge in [0.2, 0.25) is 0 Å². The van der Waals surface area contributed by atoms with E-state index in [2.05, 4.69) is 9.97 Å². The summed E-state index contributed by atoms with van der Waals surface area (Å²) in [5.74, 6) is -0.360. The number of hydrogen-bond acceptors (Lipinski definition) is 3. The summed E-state index contributed by atoms with van der Waals surface area (Å²) in [5, 5.41) is 8.92. The first kappa shape index (κ1) is 12.2. The smallest absolute Gasteiger partial charge is 0.313 e. The van der Waals surface area contributed by atoms with Gasteiger partial charge in [-0.1, -0.05) is 12.1 Å². The van der Waals surface area contributed by atoms with Crippen LogP contribution in [0.3, 0.4) is 0 Å². The summed E-state index contributed by atoms with van der Waals surface area (Å²) >= 11 is 0. The van der Waals surface area contributed by atoms with Crippen molar-refractivity contribution in [1.29, 1.82) is 0 Å². The van der Waals surface area contributed by atoms with Gasteiger partial charge in [0.1, 0.15) is 17.5 Å². The highest BCUT2D eigenvalue weighted by molar-refractivity contribution is 5.74. The molecule has 0 aliphatic heterocycles. The van der Waals surface area contributed by atoms with E-state index in [1.165, 1.54) is 0 Å². The molecule has 0 saturated heterocycles. The van der Waals surface area contributed by atoms with Gasteiger partial charge in [-0.15, -0.1) is 0 Å². The lowest BCUT2D eigenvalue weighted by Gasteiger charge is -2.03. The van der Waals surface area contributed by atoms with Crippen molar-refractivity contribution in [3.8, 4) is 17.0 Å². The van der Waals surface area contributed by atoms with Crippen LogP contribution >= 0.6 is 0 Å². The number of aromatic amines is 1. The highest BCUT2D eigenvalue weighted by Crippen LogP contribution is 2.23. The van der Waals surface area contributed by atoms with Gasteiger partial charge in [0, 0.05) is 5.56 Å². The maximum Gasteiger partial charge on any atom is 0.313 e. The van der Waals surface area contributed by atoms with Crippen LogP contribution in [0, 0.1) is 0 Å². The minimum absolute atomic E-state index is 0.445. The van der Waals surface area contributed by atoms with Crippen LogP contribution in [-0.4, -0.2) is 28.2 Å². The molecular weight excluding hydrogens is 232 g/mol. The number of nitrogens with zero attached hydrogens (tertiary/aromatic N) is 1. The zero-order valence-corrected chi connectivity index (χ0v) is 10.2. The van der Waals surface area contributed by atoms with Crippen LogP contribution in [0.4, 0.5) is 0 Å². The summed E-state index contributed by atoms with van der Waals surface area (Å²) in [7, 11) is 1.60. The molecule has 0 radical (unpaired) electrons. The summed E-state index contributed by atoms with van der Waals surface area (Å²) in [6.45, 7) is 1.59. The molecule has 2 aromatic rings. The van der Waals surface area contributed by atoms with Gasteiger partial charge in [-0.3, -0.25) is 4.79 Å². The number of nitrogens with one attached hydrogen (secondary N) is 1. The number of ether oxygens (including phenoxy) is 1. The zero-order chi connectivity index (χ0) is 13.1. The van der Waals surface area contributed by atoms with E-state index in [0.29, 0.717) is 5.82 Å². The first-order chi connectivity index (χ1) is 8.61. The predicted molar refractivity (Wildman–Crippen MR) is 66.6 cm³/mol. The number of imidazole rings is 1. The molecule has 5 heteroatoms. The third-order valence-electron chi connectivity index (χ3n) is 2.76. The van der Waals surface area contributed by atoms with Crippen LogP contribution in [0.15, 0.2) is 30.5 Å². The van der Waals surface area contributed by atoms with Gasteiger partial charge < -0.3 is 14.8 Å². The van der Waals surface area contributed by atoms with Gasteiger partial charge in [-0.25, -0.2) is 4.98 Å². The summed E-state index contributed by atoms with van der Waals surface area (Å²) in [6.07, 6.45) is 1.63. The van der Waals surface area contributed by atoms with Gasteiger partial charge >= 0.3 is 5.97 Å². The summed E-state index contributed by atoms with van der Waals surface area (Å²) in [4.78, 5) is 18.0. The number of carboxylic acid groups (broad SMARTS) is 1.